The van der Waals surface area contributed by atoms with Crippen molar-refractivity contribution in [1.29, 1.82) is 0 Å². The number of rotatable bonds is 6. The third-order valence-electron chi connectivity index (χ3n) is 7.25. The Bertz CT molecular complexity index is 1180. The molecule has 1 aromatic carbocycles. The first-order chi connectivity index (χ1) is 16.3. The van der Waals surface area contributed by atoms with Crippen LogP contribution in [-0.4, -0.2) is 44.8 Å². The van der Waals surface area contributed by atoms with Crippen LogP contribution in [-0.2, 0) is 5.41 Å². The Morgan fingerprint density at radius 3 is 2.38 bits per heavy atom. The van der Waals surface area contributed by atoms with Gasteiger partial charge in [0.1, 0.15) is 5.69 Å². The molecule has 3 aliphatic rings. The van der Waals surface area contributed by atoms with Gasteiger partial charge in [0.2, 0.25) is 17.6 Å². The minimum Gasteiger partial charge on any atom is -0.503 e. The number of carbonyl (C=O) groups excluding carboxylic acids is 1. The molecule has 3 saturated carbocycles. The molecular formula is C23H23F2N5O4. The van der Waals surface area contributed by atoms with Crippen molar-refractivity contribution in [1.82, 2.24) is 25.4 Å². The standard InChI is InChI=1S/C23H23F2N5O4/c1-33-17-11-26-16(10-27-17)19-29-21(34-30-19)23-5-2-22(3-6-23,4-7-23)12-28-20(32)13-8-14(24)18(31)15(25)9-13/h8-11,31H,2-7,12H2,1H3,(H,28,32)/t22-,23+. The zero-order valence-electron chi connectivity index (χ0n) is 18.5. The van der Waals surface area contributed by atoms with E-state index < -0.39 is 23.3 Å². The van der Waals surface area contributed by atoms with Crippen LogP contribution in [0.3, 0.4) is 0 Å². The third-order valence-corrected chi connectivity index (χ3v) is 7.25. The van der Waals surface area contributed by atoms with Crippen LogP contribution in [0.2, 0.25) is 0 Å². The Labute approximate surface area is 193 Å². The molecule has 2 heterocycles. The van der Waals surface area contributed by atoms with Crippen molar-refractivity contribution >= 4 is 5.91 Å². The molecule has 1 amide bonds. The quantitative estimate of drug-likeness (QED) is 0.560. The number of halogens is 2. The van der Waals surface area contributed by atoms with Crippen LogP contribution in [0.5, 0.6) is 11.6 Å². The van der Waals surface area contributed by atoms with Crippen molar-refractivity contribution in [3.63, 3.8) is 0 Å². The molecule has 0 unspecified atom stereocenters. The van der Waals surface area contributed by atoms with E-state index in [1.807, 2.05) is 0 Å². The predicted octanol–water partition coefficient (Wildman–Crippen LogP) is 3.54. The lowest BCUT2D eigenvalue weighted by Crippen LogP contribution is -2.49. The monoisotopic (exact) mass is 471 g/mol. The van der Waals surface area contributed by atoms with Crippen molar-refractivity contribution in [2.24, 2.45) is 5.41 Å². The van der Waals surface area contributed by atoms with Crippen LogP contribution >= 0.6 is 0 Å². The molecule has 0 spiro atoms. The molecule has 34 heavy (non-hydrogen) atoms. The number of hydrogen-bond acceptors (Lipinski definition) is 8. The molecule has 2 aromatic heterocycles. The number of fused-ring (bicyclic) bond motifs is 3. The fraction of sp³-hybridized carbons (Fsp3) is 0.435. The molecule has 2 N–H and O–H groups in total. The van der Waals surface area contributed by atoms with Crippen LogP contribution in [0.1, 0.15) is 54.8 Å². The van der Waals surface area contributed by atoms with E-state index in [1.165, 1.54) is 19.5 Å². The molecule has 0 radical (unpaired) electrons. The van der Waals surface area contributed by atoms with E-state index in [0.29, 0.717) is 29.8 Å². The summed E-state index contributed by atoms with van der Waals surface area (Å²) in [5, 5.41) is 16.1. The number of hydrogen-bond donors (Lipinski definition) is 2. The number of ether oxygens (including phenoxy) is 1. The van der Waals surface area contributed by atoms with E-state index >= 15 is 0 Å². The fourth-order valence-electron chi connectivity index (χ4n) is 5.00. The molecule has 6 rings (SSSR count). The highest BCUT2D eigenvalue weighted by atomic mass is 19.1. The maximum absolute atomic E-state index is 13.6. The summed E-state index contributed by atoms with van der Waals surface area (Å²) in [6.45, 7) is 0.405. The largest absolute Gasteiger partial charge is 0.503 e. The van der Waals surface area contributed by atoms with Gasteiger partial charge in [-0.15, -0.1) is 0 Å². The zero-order chi connectivity index (χ0) is 23.9. The number of methoxy groups -OCH3 is 1. The second kappa shape index (κ2) is 8.30. The number of benzene rings is 1. The molecule has 3 fully saturated rings. The maximum Gasteiger partial charge on any atom is 0.251 e. The summed E-state index contributed by atoms with van der Waals surface area (Å²) < 4.78 is 37.8. The normalized spacial score (nSPS) is 23.6. The summed E-state index contributed by atoms with van der Waals surface area (Å²) in [6.07, 6.45) is 8.09. The van der Waals surface area contributed by atoms with Gasteiger partial charge in [-0.2, -0.15) is 4.98 Å². The number of nitrogens with one attached hydrogen (secondary N) is 1. The molecule has 9 nitrogen and oxygen atoms in total. The molecule has 11 heteroatoms. The summed E-state index contributed by atoms with van der Waals surface area (Å²) in [6, 6.07) is 1.66. The van der Waals surface area contributed by atoms with Gasteiger partial charge in [-0.3, -0.25) is 4.79 Å². The highest BCUT2D eigenvalue weighted by molar-refractivity contribution is 5.94. The van der Waals surface area contributed by atoms with Crippen LogP contribution in [0.15, 0.2) is 29.0 Å². The number of aromatic nitrogens is 4. The van der Waals surface area contributed by atoms with E-state index in [2.05, 4.69) is 25.4 Å². The highest BCUT2D eigenvalue weighted by Gasteiger charge is 2.52. The molecule has 0 atom stereocenters. The summed E-state index contributed by atoms with van der Waals surface area (Å²) >= 11 is 0. The van der Waals surface area contributed by atoms with Gasteiger partial charge in [0.05, 0.1) is 19.5 Å². The number of phenols is 1. The van der Waals surface area contributed by atoms with E-state index in [0.717, 1.165) is 50.7 Å². The molecule has 178 valence electrons. The number of phenolic OH excluding ortho intramolecular Hbond substituents is 1. The van der Waals surface area contributed by atoms with Gasteiger partial charge >= 0.3 is 0 Å². The van der Waals surface area contributed by atoms with Gasteiger partial charge in [0, 0.05) is 17.5 Å². The lowest BCUT2D eigenvalue weighted by Gasteiger charge is -2.51. The molecule has 0 aliphatic heterocycles. The van der Waals surface area contributed by atoms with Crippen LogP contribution < -0.4 is 10.1 Å². The zero-order valence-corrected chi connectivity index (χ0v) is 18.5. The molecule has 0 saturated heterocycles. The Balaban J connectivity index is 1.23. The number of nitrogens with zero attached hydrogens (tertiary/aromatic N) is 4. The first kappa shape index (κ1) is 22.2. The van der Waals surface area contributed by atoms with E-state index in [9.17, 15) is 18.7 Å². The third kappa shape index (κ3) is 3.84. The van der Waals surface area contributed by atoms with Crippen molar-refractivity contribution < 1.29 is 27.9 Å². The predicted molar refractivity (Wildman–Crippen MR) is 114 cm³/mol. The van der Waals surface area contributed by atoms with Crippen molar-refractivity contribution in [3.8, 4) is 23.1 Å². The SMILES string of the molecule is COc1cnc(-c2noc([C@]34CC[C@](CNC(=O)c5cc(F)c(O)c(F)c5)(CC3)CC4)n2)cn1. The van der Waals surface area contributed by atoms with Crippen molar-refractivity contribution in [2.75, 3.05) is 13.7 Å². The summed E-state index contributed by atoms with van der Waals surface area (Å²) in [5.74, 6) is -2.62. The van der Waals surface area contributed by atoms with Gasteiger partial charge in [-0.1, -0.05) is 5.16 Å². The molecule has 3 aliphatic carbocycles. The Hall–Kier alpha value is -3.63. The Morgan fingerprint density at radius 2 is 1.79 bits per heavy atom. The van der Waals surface area contributed by atoms with Crippen LogP contribution in [0.25, 0.3) is 11.5 Å². The first-order valence-corrected chi connectivity index (χ1v) is 11.0. The van der Waals surface area contributed by atoms with Crippen LogP contribution in [0, 0.1) is 17.0 Å². The smallest absolute Gasteiger partial charge is 0.251 e. The second-order valence-electron chi connectivity index (χ2n) is 9.12. The van der Waals surface area contributed by atoms with Crippen molar-refractivity contribution in [3.05, 3.63) is 47.6 Å². The second-order valence-corrected chi connectivity index (χ2v) is 9.12. The van der Waals surface area contributed by atoms with Gasteiger partial charge < -0.3 is 19.7 Å². The number of aromatic hydroxyl groups is 1. The fourth-order valence-corrected chi connectivity index (χ4v) is 5.00. The number of carbonyl (C=O) groups is 1. The van der Waals surface area contributed by atoms with Crippen LogP contribution in [0.4, 0.5) is 8.78 Å². The van der Waals surface area contributed by atoms with E-state index in [4.69, 9.17) is 9.26 Å². The summed E-state index contributed by atoms with van der Waals surface area (Å²) in [5.41, 5.74) is 0.0405. The molecular weight excluding hydrogens is 448 g/mol. The molecule has 2 bridgehead atoms. The van der Waals surface area contributed by atoms with Crippen molar-refractivity contribution in [2.45, 2.75) is 43.9 Å². The minimum atomic E-state index is -1.16. The minimum absolute atomic E-state index is 0.0876. The van der Waals surface area contributed by atoms with Gasteiger partial charge in [0.15, 0.2) is 17.4 Å². The van der Waals surface area contributed by atoms with Gasteiger partial charge in [0.25, 0.3) is 5.91 Å². The lowest BCUT2D eigenvalue weighted by molar-refractivity contribution is 0.0229. The van der Waals surface area contributed by atoms with Gasteiger partial charge in [-0.05, 0) is 56.1 Å². The number of amides is 1. The average Bonchev–Trinajstić information content (AvgIpc) is 3.38. The van der Waals surface area contributed by atoms with Gasteiger partial charge in [-0.25, -0.2) is 18.7 Å². The van der Waals surface area contributed by atoms with E-state index in [-0.39, 0.29) is 16.4 Å². The first-order valence-electron chi connectivity index (χ1n) is 11.0. The highest BCUT2D eigenvalue weighted by Crippen LogP contribution is 2.57. The Kier molecular flexibility index (Phi) is 5.41. The average molecular weight is 471 g/mol. The molecule has 3 aromatic rings. The summed E-state index contributed by atoms with van der Waals surface area (Å²) in [7, 11) is 1.51. The lowest BCUT2D eigenvalue weighted by atomic mass is 9.53. The maximum atomic E-state index is 13.6. The summed E-state index contributed by atoms with van der Waals surface area (Å²) in [4.78, 5) is 25.4. The topological polar surface area (TPSA) is 123 Å². The Morgan fingerprint density at radius 1 is 1.12 bits per heavy atom. The van der Waals surface area contributed by atoms with E-state index in [1.54, 1.807) is 0 Å².